The first-order valence-electron chi connectivity index (χ1n) is 11.2. The van der Waals surface area contributed by atoms with Gasteiger partial charge in [-0.2, -0.15) is 13.2 Å². The summed E-state index contributed by atoms with van der Waals surface area (Å²) in [5.74, 6) is -0.435. The smallest absolute Gasteiger partial charge is 0.416 e. The number of sulfonamides is 1. The van der Waals surface area contributed by atoms with Gasteiger partial charge in [-0.05, 0) is 82.5 Å². The van der Waals surface area contributed by atoms with Crippen LogP contribution in [-0.2, 0) is 25.7 Å². The number of hydrogen-bond acceptors (Lipinski definition) is 5. The molecule has 0 unspecified atom stereocenters. The van der Waals surface area contributed by atoms with Gasteiger partial charge in [0.05, 0.1) is 10.5 Å². The van der Waals surface area contributed by atoms with Gasteiger partial charge < -0.3 is 10.1 Å². The molecule has 196 valence electrons. The zero-order valence-electron chi connectivity index (χ0n) is 20.3. The fraction of sp³-hybridized carbons (Fsp3) is 0.417. The van der Waals surface area contributed by atoms with Crippen LogP contribution in [0.3, 0.4) is 0 Å². The van der Waals surface area contributed by atoms with Crippen molar-refractivity contribution >= 4 is 33.4 Å². The molecule has 1 heterocycles. The highest BCUT2D eigenvalue weighted by Crippen LogP contribution is 2.31. The highest BCUT2D eigenvalue weighted by Gasteiger charge is 2.37. The Labute approximate surface area is 207 Å². The molecular weight excluding hydrogens is 499 g/mol. The van der Waals surface area contributed by atoms with Crippen LogP contribution in [0.15, 0.2) is 47.4 Å². The third-order valence-electron chi connectivity index (χ3n) is 5.36. The first kappa shape index (κ1) is 27.3. The van der Waals surface area contributed by atoms with E-state index in [2.05, 4.69) is 10.0 Å². The van der Waals surface area contributed by atoms with Gasteiger partial charge in [0.15, 0.2) is 0 Å². The van der Waals surface area contributed by atoms with Gasteiger partial charge in [-0.15, -0.1) is 0 Å². The Balaban J connectivity index is 1.73. The number of carbonyl (C=O) groups is 2. The molecule has 1 aliphatic rings. The lowest BCUT2D eigenvalue weighted by Crippen LogP contribution is -2.45. The van der Waals surface area contributed by atoms with Crippen molar-refractivity contribution in [2.75, 3.05) is 16.6 Å². The molecule has 12 heteroatoms. The predicted octanol–water partition coefficient (Wildman–Crippen LogP) is 5.15. The third kappa shape index (κ3) is 6.68. The van der Waals surface area contributed by atoms with Crippen LogP contribution in [0, 0.1) is 6.92 Å². The number of nitrogens with zero attached hydrogens (tertiary/aromatic N) is 1. The molecule has 8 nitrogen and oxygen atoms in total. The molecule has 1 aliphatic heterocycles. The number of rotatable bonds is 5. The van der Waals surface area contributed by atoms with E-state index in [-0.39, 0.29) is 16.1 Å². The van der Waals surface area contributed by atoms with Crippen molar-refractivity contribution in [3.8, 4) is 0 Å². The van der Waals surface area contributed by atoms with Crippen LogP contribution in [0.25, 0.3) is 0 Å². The van der Waals surface area contributed by atoms with Crippen molar-refractivity contribution in [3.63, 3.8) is 0 Å². The van der Waals surface area contributed by atoms with Gasteiger partial charge in [-0.1, -0.05) is 6.07 Å². The number of anilines is 2. The second-order valence-corrected chi connectivity index (χ2v) is 11.1. The second kappa shape index (κ2) is 10.00. The Morgan fingerprint density at radius 2 is 1.75 bits per heavy atom. The van der Waals surface area contributed by atoms with E-state index in [4.69, 9.17) is 4.74 Å². The topological polar surface area (TPSA) is 105 Å². The van der Waals surface area contributed by atoms with Crippen LogP contribution in [0.2, 0.25) is 0 Å². The lowest BCUT2D eigenvalue weighted by atomic mass is 10.2. The lowest BCUT2D eigenvalue weighted by molar-refractivity contribution is -0.137. The van der Waals surface area contributed by atoms with Crippen molar-refractivity contribution in [2.24, 2.45) is 0 Å². The highest BCUT2D eigenvalue weighted by atomic mass is 32.2. The second-order valence-electron chi connectivity index (χ2n) is 9.49. The van der Waals surface area contributed by atoms with E-state index in [1.54, 1.807) is 20.8 Å². The van der Waals surface area contributed by atoms with Crippen LogP contribution >= 0.6 is 0 Å². The SMILES string of the molecule is Cc1cc(NC(=O)[C@@H]2CCCN2C(=O)OC(C)(C)C)ccc1S(=O)(=O)Nc1cccc(C(F)(F)F)c1. The standard InChI is InChI=1S/C24H28F3N3O5S/c1-15-13-17(28-21(31)19-9-6-12-30(19)22(32)35-23(2,3)4)10-11-20(15)36(33,34)29-18-8-5-7-16(14-18)24(25,26)27/h5,7-8,10-11,13-14,19,29H,6,9,12H2,1-4H3,(H,28,31)/t19-/m0/s1. The maximum absolute atomic E-state index is 12.9. The summed E-state index contributed by atoms with van der Waals surface area (Å²) in [4.78, 5) is 26.5. The fourth-order valence-corrected chi connectivity index (χ4v) is 5.08. The molecule has 0 radical (unpaired) electrons. The van der Waals surface area contributed by atoms with Gasteiger partial charge in [0.1, 0.15) is 11.6 Å². The number of aryl methyl sites for hydroxylation is 1. The number of alkyl halides is 3. The molecule has 2 N–H and O–H groups in total. The van der Waals surface area contributed by atoms with Gasteiger partial charge in [0.2, 0.25) is 5.91 Å². The molecule has 3 rings (SSSR count). The average molecular weight is 528 g/mol. The van der Waals surface area contributed by atoms with Crippen molar-refractivity contribution in [1.82, 2.24) is 4.90 Å². The normalized spacial score (nSPS) is 16.5. The largest absolute Gasteiger partial charge is 0.444 e. The number of halogens is 3. The van der Waals surface area contributed by atoms with Crippen molar-refractivity contribution in [3.05, 3.63) is 53.6 Å². The molecule has 0 aromatic heterocycles. The predicted molar refractivity (Wildman–Crippen MR) is 128 cm³/mol. The summed E-state index contributed by atoms with van der Waals surface area (Å²) >= 11 is 0. The Bertz CT molecular complexity index is 1260. The Hall–Kier alpha value is -3.28. The van der Waals surface area contributed by atoms with E-state index in [0.29, 0.717) is 31.1 Å². The van der Waals surface area contributed by atoms with Crippen LogP contribution in [0.4, 0.5) is 29.3 Å². The van der Waals surface area contributed by atoms with E-state index < -0.39 is 45.4 Å². The maximum Gasteiger partial charge on any atom is 0.416 e. The number of benzene rings is 2. The van der Waals surface area contributed by atoms with Gasteiger partial charge in [-0.3, -0.25) is 14.4 Å². The number of amides is 2. The number of ether oxygens (including phenoxy) is 1. The van der Waals surface area contributed by atoms with E-state index in [9.17, 15) is 31.2 Å². The van der Waals surface area contributed by atoms with E-state index in [0.717, 1.165) is 12.1 Å². The Morgan fingerprint density at radius 3 is 2.36 bits per heavy atom. The summed E-state index contributed by atoms with van der Waals surface area (Å²) in [6.07, 6.45) is -4.11. The summed E-state index contributed by atoms with van der Waals surface area (Å²) in [5, 5.41) is 2.70. The van der Waals surface area contributed by atoms with Crippen LogP contribution in [0.1, 0.15) is 44.7 Å². The quantitative estimate of drug-likeness (QED) is 0.560. The number of carbonyl (C=O) groups excluding carboxylic acids is 2. The lowest BCUT2D eigenvalue weighted by Gasteiger charge is -2.28. The van der Waals surface area contributed by atoms with Crippen molar-refractivity contribution < 1.29 is 35.9 Å². The first-order chi connectivity index (χ1) is 16.6. The number of likely N-dealkylation sites (tertiary alicyclic amines) is 1. The van der Waals surface area contributed by atoms with Gasteiger partial charge >= 0.3 is 12.3 Å². The van der Waals surface area contributed by atoms with Crippen molar-refractivity contribution in [1.29, 1.82) is 0 Å². The molecule has 2 aromatic rings. The minimum absolute atomic E-state index is 0.158. The molecule has 1 atom stereocenters. The molecule has 36 heavy (non-hydrogen) atoms. The molecule has 2 aromatic carbocycles. The Morgan fingerprint density at radius 1 is 1.06 bits per heavy atom. The van der Waals surface area contributed by atoms with Crippen LogP contribution < -0.4 is 10.0 Å². The zero-order chi connectivity index (χ0) is 26.9. The van der Waals surface area contributed by atoms with Crippen molar-refractivity contribution in [2.45, 2.75) is 63.3 Å². The number of nitrogens with one attached hydrogen (secondary N) is 2. The van der Waals surface area contributed by atoms with Crippen LogP contribution in [-0.4, -0.2) is 43.5 Å². The van der Waals surface area contributed by atoms with Gasteiger partial charge in [0.25, 0.3) is 10.0 Å². The monoisotopic (exact) mass is 527 g/mol. The fourth-order valence-electron chi connectivity index (χ4n) is 3.80. The summed E-state index contributed by atoms with van der Waals surface area (Å²) < 4.78 is 72.0. The Kier molecular flexibility index (Phi) is 7.58. The molecule has 2 amide bonds. The van der Waals surface area contributed by atoms with Gasteiger partial charge in [-0.25, -0.2) is 13.2 Å². The minimum atomic E-state index is -4.62. The summed E-state index contributed by atoms with van der Waals surface area (Å²) in [5.41, 5.74) is -1.34. The summed E-state index contributed by atoms with van der Waals surface area (Å²) in [7, 11) is -4.20. The third-order valence-corrected chi connectivity index (χ3v) is 6.90. The molecule has 1 saturated heterocycles. The van der Waals surface area contributed by atoms with Gasteiger partial charge in [0, 0.05) is 17.9 Å². The molecule has 0 saturated carbocycles. The van der Waals surface area contributed by atoms with Crippen LogP contribution in [0.5, 0.6) is 0 Å². The van der Waals surface area contributed by atoms with E-state index in [1.165, 1.54) is 36.1 Å². The maximum atomic E-state index is 12.9. The average Bonchev–Trinajstić information content (AvgIpc) is 3.22. The molecule has 0 bridgehead atoms. The number of hydrogen-bond donors (Lipinski definition) is 2. The van der Waals surface area contributed by atoms with E-state index >= 15 is 0 Å². The zero-order valence-corrected chi connectivity index (χ0v) is 21.1. The molecule has 0 aliphatic carbocycles. The highest BCUT2D eigenvalue weighted by molar-refractivity contribution is 7.92. The molecular formula is C24H28F3N3O5S. The molecule has 1 fully saturated rings. The first-order valence-corrected chi connectivity index (χ1v) is 12.7. The molecule has 0 spiro atoms. The minimum Gasteiger partial charge on any atom is -0.444 e. The van der Waals surface area contributed by atoms with E-state index in [1.807, 2.05) is 0 Å². The summed E-state index contributed by atoms with van der Waals surface area (Å²) in [6.45, 7) is 7.08. The summed E-state index contributed by atoms with van der Waals surface area (Å²) in [6, 6.07) is 7.20.